The number of anilines is 1. The molecule has 1 aliphatic rings. The number of aliphatic hydroxyl groups excluding tert-OH is 1. The van der Waals surface area contributed by atoms with Crippen molar-refractivity contribution in [3.05, 3.63) is 93.0 Å². The fraction of sp³-hybridized carbons (Fsp3) is 0.185. The second-order valence-corrected chi connectivity index (χ2v) is 8.79. The molecule has 0 aromatic heterocycles. The summed E-state index contributed by atoms with van der Waals surface area (Å²) in [5.41, 5.74) is 2.26. The van der Waals surface area contributed by atoms with Gasteiger partial charge in [0.25, 0.3) is 11.7 Å². The van der Waals surface area contributed by atoms with E-state index in [-0.39, 0.29) is 16.4 Å². The van der Waals surface area contributed by atoms with Crippen molar-refractivity contribution in [2.45, 2.75) is 19.9 Å². The number of carbonyl (C=O) groups is 2. The summed E-state index contributed by atoms with van der Waals surface area (Å²) in [6, 6.07) is 16.1. The maximum atomic E-state index is 13.3. The van der Waals surface area contributed by atoms with E-state index in [0.29, 0.717) is 39.9 Å². The van der Waals surface area contributed by atoms with E-state index in [0.717, 1.165) is 5.56 Å². The molecule has 1 aliphatic heterocycles. The fourth-order valence-electron chi connectivity index (χ4n) is 4.13. The van der Waals surface area contributed by atoms with Gasteiger partial charge >= 0.3 is 0 Å². The molecule has 180 valence electrons. The van der Waals surface area contributed by atoms with E-state index in [1.807, 2.05) is 38.1 Å². The minimum atomic E-state index is -0.884. The molecule has 1 amide bonds. The lowest BCUT2D eigenvalue weighted by Gasteiger charge is -2.26. The van der Waals surface area contributed by atoms with E-state index in [1.165, 1.54) is 12.0 Å². The second-order valence-electron chi connectivity index (χ2n) is 7.98. The van der Waals surface area contributed by atoms with Crippen LogP contribution in [0.25, 0.3) is 5.76 Å². The molecule has 1 heterocycles. The molecule has 3 aromatic carbocycles. The van der Waals surface area contributed by atoms with E-state index in [1.54, 1.807) is 36.4 Å². The maximum absolute atomic E-state index is 13.3. The molecule has 1 unspecified atom stereocenters. The van der Waals surface area contributed by atoms with Gasteiger partial charge in [-0.05, 0) is 55.8 Å². The number of rotatable bonds is 6. The summed E-state index contributed by atoms with van der Waals surface area (Å²) in [5, 5.41) is 12.0. The summed E-state index contributed by atoms with van der Waals surface area (Å²) < 4.78 is 10.8. The van der Waals surface area contributed by atoms with Crippen molar-refractivity contribution >= 4 is 46.3 Å². The second kappa shape index (κ2) is 10.0. The molecule has 0 bridgehead atoms. The molecule has 6 nitrogen and oxygen atoms in total. The van der Waals surface area contributed by atoms with Crippen molar-refractivity contribution in [1.29, 1.82) is 0 Å². The van der Waals surface area contributed by atoms with Crippen LogP contribution in [-0.4, -0.2) is 30.5 Å². The first-order valence-electron chi connectivity index (χ1n) is 10.9. The quantitative estimate of drug-likeness (QED) is 0.237. The van der Waals surface area contributed by atoms with Gasteiger partial charge in [-0.1, -0.05) is 53.0 Å². The molecule has 0 aliphatic carbocycles. The number of methoxy groups -OCH3 is 1. The molecular weight excluding hydrogens is 489 g/mol. The lowest BCUT2D eigenvalue weighted by atomic mass is 9.94. The lowest BCUT2D eigenvalue weighted by molar-refractivity contribution is -0.132. The Morgan fingerprint density at radius 2 is 1.77 bits per heavy atom. The van der Waals surface area contributed by atoms with E-state index in [9.17, 15) is 14.7 Å². The first-order chi connectivity index (χ1) is 16.8. The molecule has 1 atom stereocenters. The zero-order chi connectivity index (χ0) is 25.3. The van der Waals surface area contributed by atoms with Crippen molar-refractivity contribution in [3.63, 3.8) is 0 Å². The Bertz CT molecular complexity index is 1350. The Kier molecular flexibility index (Phi) is 7.05. The molecule has 0 saturated carbocycles. The van der Waals surface area contributed by atoms with Crippen LogP contribution >= 0.6 is 23.2 Å². The van der Waals surface area contributed by atoms with Crippen LogP contribution in [0, 0.1) is 6.92 Å². The zero-order valence-electron chi connectivity index (χ0n) is 19.3. The van der Waals surface area contributed by atoms with Gasteiger partial charge in [0.05, 0.1) is 35.4 Å². The summed E-state index contributed by atoms with van der Waals surface area (Å²) in [7, 11) is 1.49. The third-order valence-electron chi connectivity index (χ3n) is 5.72. The van der Waals surface area contributed by atoms with E-state index in [2.05, 4.69) is 0 Å². The number of amides is 1. The van der Waals surface area contributed by atoms with Crippen molar-refractivity contribution in [2.24, 2.45) is 0 Å². The molecule has 1 saturated heterocycles. The average Bonchev–Trinajstić information content (AvgIpc) is 3.10. The van der Waals surface area contributed by atoms with Gasteiger partial charge in [-0.2, -0.15) is 0 Å². The fourth-order valence-corrected chi connectivity index (χ4v) is 4.56. The van der Waals surface area contributed by atoms with Gasteiger partial charge in [0, 0.05) is 11.3 Å². The van der Waals surface area contributed by atoms with Gasteiger partial charge in [0.1, 0.15) is 17.3 Å². The molecule has 35 heavy (non-hydrogen) atoms. The number of ether oxygens (including phenoxy) is 2. The minimum Gasteiger partial charge on any atom is -0.507 e. The summed E-state index contributed by atoms with van der Waals surface area (Å²) in [4.78, 5) is 28.0. The highest BCUT2D eigenvalue weighted by atomic mass is 35.5. The zero-order valence-corrected chi connectivity index (χ0v) is 20.9. The number of carbonyl (C=O) groups excluding carboxylic acids is 2. The third kappa shape index (κ3) is 4.59. The smallest absolute Gasteiger partial charge is 0.300 e. The van der Waals surface area contributed by atoms with Crippen LogP contribution in [0.3, 0.4) is 0 Å². The topological polar surface area (TPSA) is 76.1 Å². The summed E-state index contributed by atoms with van der Waals surface area (Å²) in [5.74, 6) is -1.12. The van der Waals surface area contributed by atoms with Crippen molar-refractivity contribution in [2.75, 3.05) is 18.6 Å². The van der Waals surface area contributed by atoms with Gasteiger partial charge in [0.2, 0.25) is 0 Å². The van der Waals surface area contributed by atoms with Crippen molar-refractivity contribution in [1.82, 2.24) is 0 Å². The van der Waals surface area contributed by atoms with Crippen LogP contribution < -0.4 is 14.4 Å². The van der Waals surface area contributed by atoms with Crippen molar-refractivity contribution in [3.8, 4) is 11.5 Å². The summed E-state index contributed by atoms with van der Waals surface area (Å²) in [6.07, 6.45) is 0. The highest BCUT2D eigenvalue weighted by Gasteiger charge is 2.47. The molecule has 4 rings (SSSR count). The van der Waals surface area contributed by atoms with Crippen LogP contribution in [-0.2, 0) is 9.59 Å². The molecule has 1 N–H and O–H groups in total. The molecule has 3 aromatic rings. The van der Waals surface area contributed by atoms with Gasteiger partial charge < -0.3 is 14.6 Å². The first kappa shape index (κ1) is 24.6. The molecular formula is C27H23Cl2NO5. The Morgan fingerprint density at radius 3 is 2.43 bits per heavy atom. The predicted molar refractivity (Wildman–Crippen MR) is 137 cm³/mol. The van der Waals surface area contributed by atoms with Gasteiger partial charge in [0.15, 0.2) is 0 Å². The van der Waals surface area contributed by atoms with Crippen molar-refractivity contribution < 1.29 is 24.2 Å². The predicted octanol–water partition coefficient (Wildman–Crippen LogP) is 6.34. The number of ketones is 1. The van der Waals surface area contributed by atoms with Crippen LogP contribution in [0.5, 0.6) is 11.5 Å². The van der Waals surface area contributed by atoms with Gasteiger partial charge in [-0.25, -0.2) is 0 Å². The number of halogens is 2. The standard InChI is InChI=1S/C27H23Cl2NO5/c1-4-35-22-13-17(8-10-19(22)28)25(31)23-24(16-7-5-6-15(2)12-16)30(27(33)26(23)32)18-9-11-21(34-3)20(29)14-18/h5-14,24,31H,4H2,1-3H3/b25-23+. The number of hydrogen-bond donors (Lipinski definition) is 1. The third-order valence-corrected chi connectivity index (χ3v) is 6.33. The van der Waals surface area contributed by atoms with Crippen LogP contribution in [0.15, 0.2) is 66.2 Å². The number of aryl methyl sites for hydroxylation is 1. The number of aliphatic hydroxyl groups is 1. The van der Waals surface area contributed by atoms with Crippen LogP contribution in [0.1, 0.15) is 29.7 Å². The molecule has 0 radical (unpaired) electrons. The first-order valence-corrected chi connectivity index (χ1v) is 11.7. The highest BCUT2D eigenvalue weighted by molar-refractivity contribution is 6.52. The Labute approximate surface area is 213 Å². The number of Topliss-reactive ketones (excluding diaryl/α,β-unsaturated/α-hetero) is 1. The summed E-state index contributed by atoms with van der Waals surface area (Å²) >= 11 is 12.5. The monoisotopic (exact) mass is 511 g/mol. The van der Waals surface area contributed by atoms with Gasteiger partial charge in [-0.15, -0.1) is 0 Å². The Balaban J connectivity index is 1.94. The molecule has 8 heteroatoms. The molecule has 0 spiro atoms. The summed E-state index contributed by atoms with van der Waals surface area (Å²) in [6.45, 7) is 4.09. The van der Waals surface area contributed by atoms with E-state index >= 15 is 0 Å². The lowest BCUT2D eigenvalue weighted by Crippen LogP contribution is -2.29. The largest absolute Gasteiger partial charge is 0.507 e. The molecule has 1 fully saturated rings. The SMILES string of the molecule is CCOc1cc(/C(O)=C2\C(=O)C(=O)N(c3ccc(OC)c(Cl)c3)C2c2cccc(C)c2)ccc1Cl. The minimum absolute atomic E-state index is 0.0442. The van der Waals surface area contributed by atoms with E-state index < -0.39 is 17.7 Å². The van der Waals surface area contributed by atoms with E-state index in [4.69, 9.17) is 32.7 Å². The maximum Gasteiger partial charge on any atom is 0.300 e. The normalized spacial score (nSPS) is 17.1. The van der Waals surface area contributed by atoms with Crippen LogP contribution in [0.2, 0.25) is 10.0 Å². The number of nitrogens with zero attached hydrogens (tertiary/aromatic N) is 1. The number of hydrogen-bond acceptors (Lipinski definition) is 5. The Hall–Kier alpha value is -3.48. The Morgan fingerprint density at radius 1 is 1.00 bits per heavy atom. The number of benzene rings is 3. The van der Waals surface area contributed by atoms with Gasteiger partial charge in [-0.3, -0.25) is 14.5 Å². The van der Waals surface area contributed by atoms with Crippen LogP contribution in [0.4, 0.5) is 5.69 Å². The highest BCUT2D eigenvalue weighted by Crippen LogP contribution is 2.44. The average molecular weight is 512 g/mol.